The monoisotopic (exact) mass is 547 g/mol. The number of allylic oxidation sites excluding steroid dienone is 1. The Kier molecular flexibility index (Phi) is 10.5. The molecule has 2 heterocycles. The second-order valence-corrected chi connectivity index (χ2v) is 11.4. The van der Waals surface area contributed by atoms with Crippen molar-refractivity contribution >= 4 is 21.3 Å². The average molecular weight is 548 g/mol. The molecule has 0 unspecified atom stereocenters. The highest BCUT2D eigenvalue weighted by atomic mass is 32.2. The number of piperazine rings is 1. The quantitative estimate of drug-likeness (QED) is 0.393. The second-order valence-electron chi connectivity index (χ2n) is 9.46. The molecule has 1 aliphatic rings. The third-order valence-electron chi connectivity index (χ3n) is 6.71. The standard InChI is InChI=1S/C27H41N5O5S/c1-6-9-20(4)24-25(30(5)8-3)27(34)29-26(28-24)22-19-21(10-11-23(22)37-18-7-2)38(35,36)32-14-12-31(13-15-32)16-17-33/h10-11,19,33H,4,6-9,12-18H2,1-3,5H3,(H,28,29,34). The number of aliphatic hydroxyl groups is 1. The van der Waals surface area contributed by atoms with Gasteiger partial charge in [-0.15, -0.1) is 0 Å². The van der Waals surface area contributed by atoms with E-state index in [0.29, 0.717) is 75.0 Å². The molecule has 1 aromatic carbocycles. The zero-order valence-electron chi connectivity index (χ0n) is 23.0. The lowest BCUT2D eigenvalue weighted by Crippen LogP contribution is -2.49. The molecule has 0 atom stereocenters. The van der Waals surface area contributed by atoms with Gasteiger partial charge < -0.3 is 19.7 Å². The molecule has 2 aromatic rings. The number of aliphatic hydroxyl groups excluding tert-OH is 1. The van der Waals surface area contributed by atoms with Gasteiger partial charge in [-0.2, -0.15) is 9.29 Å². The van der Waals surface area contributed by atoms with Crippen LogP contribution in [0.3, 0.4) is 0 Å². The first-order valence-electron chi connectivity index (χ1n) is 13.3. The van der Waals surface area contributed by atoms with Crippen molar-refractivity contribution in [3.63, 3.8) is 0 Å². The highest BCUT2D eigenvalue weighted by Gasteiger charge is 2.30. The van der Waals surface area contributed by atoms with Crippen LogP contribution in [0.4, 0.5) is 5.69 Å². The van der Waals surface area contributed by atoms with E-state index in [2.05, 4.69) is 16.5 Å². The number of aromatic amines is 1. The second kappa shape index (κ2) is 13.4. The zero-order valence-corrected chi connectivity index (χ0v) is 23.8. The van der Waals surface area contributed by atoms with Crippen molar-refractivity contribution in [2.75, 3.05) is 64.4 Å². The highest BCUT2D eigenvalue weighted by Crippen LogP contribution is 2.33. The Labute approximate surface area is 226 Å². The summed E-state index contributed by atoms with van der Waals surface area (Å²) < 4.78 is 34.6. The molecule has 0 amide bonds. The maximum Gasteiger partial charge on any atom is 0.297 e. The van der Waals surface area contributed by atoms with Crippen LogP contribution in [0.2, 0.25) is 0 Å². The number of nitrogens with one attached hydrogen (secondary N) is 1. The van der Waals surface area contributed by atoms with Gasteiger partial charge in [0.1, 0.15) is 17.3 Å². The summed E-state index contributed by atoms with van der Waals surface area (Å²) in [5.41, 5.74) is 1.82. The smallest absolute Gasteiger partial charge is 0.297 e. The molecule has 0 aliphatic carbocycles. The number of H-pyrrole nitrogens is 1. The van der Waals surface area contributed by atoms with Crippen LogP contribution in [-0.4, -0.2) is 92.2 Å². The lowest BCUT2D eigenvalue weighted by atomic mass is 10.1. The van der Waals surface area contributed by atoms with E-state index < -0.39 is 15.6 Å². The molecule has 1 saturated heterocycles. The van der Waals surface area contributed by atoms with Gasteiger partial charge in [0.15, 0.2) is 0 Å². The third kappa shape index (κ3) is 6.63. The molecule has 210 valence electrons. The topological polar surface area (TPSA) is 119 Å². The maximum absolute atomic E-state index is 13.6. The SMILES string of the molecule is C=C(CCC)c1[nH]c(-c2cc(S(=O)(=O)N3CCN(CCO)CC3)ccc2OCCC)nc(=O)c1N(C)CC. The van der Waals surface area contributed by atoms with Gasteiger partial charge in [0.25, 0.3) is 5.56 Å². The van der Waals surface area contributed by atoms with Crippen molar-refractivity contribution < 1.29 is 18.3 Å². The highest BCUT2D eigenvalue weighted by molar-refractivity contribution is 7.89. The number of rotatable bonds is 13. The van der Waals surface area contributed by atoms with E-state index in [9.17, 15) is 18.3 Å². The van der Waals surface area contributed by atoms with Crippen molar-refractivity contribution in [1.82, 2.24) is 19.2 Å². The number of β-amino-alcohol motifs (C(OH)–C–C–N with tert-alkyl or cyclic N) is 1. The molecule has 0 saturated carbocycles. The van der Waals surface area contributed by atoms with Gasteiger partial charge in [-0.3, -0.25) is 9.69 Å². The molecule has 2 N–H and O–H groups in total. The molecule has 1 aliphatic heterocycles. The van der Waals surface area contributed by atoms with E-state index in [1.165, 1.54) is 16.4 Å². The van der Waals surface area contributed by atoms with Crippen LogP contribution in [0.5, 0.6) is 5.75 Å². The van der Waals surface area contributed by atoms with Crippen LogP contribution in [-0.2, 0) is 10.0 Å². The number of anilines is 1. The predicted molar refractivity (Wildman–Crippen MR) is 151 cm³/mol. The lowest BCUT2D eigenvalue weighted by molar-refractivity contribution is 0.151. The summed E-state index contributed by atoms with van der Waals surface area (Å²) in [6, 6.07) is 4.71. The largest absolute Gasteiger partial charge is 0.493 e. The molecule has 11 heteroatoms. The molecule has 38 heavy (non-hydrogen) atoms. The van der Waals surface area contributed by atoms with Crippen molar-refractivity contribution in [3.05, 3.63) is 40.8 Å². The molecular weight excluding hydrogens is 506 g/mol. The molecule has 1 aromatic heterocycles. The lowest BCUT2D eigenvalue weighted by Gasteiger charge is -2.33. The fourth-order valence-electron chi connectivity index (χ4n) is 4.47. The fourth-order valence-corrected chi connectivity index (χ4v) is 5.91. The van der Waals surface area contributed by atoms with Crippen LogP contribution < -0.4 is 15.2 Å². The first kappa shape index (κ1) is 29.8. The van der Waals surface area contributed by atoms with Crippen molar-refractivity contribution in [1.29, 1.82) is 0 Å². The fraction of sp³-hybridized carbons (Fsp3) is 0.556. The van der Waals surface area contributed by atoms with E-state index in [4.69, 9.17) is 4.74 Å². The van der Waals surface area contributed by atoms with Crippen LogP contribution in [0.1, 0.15) is 45.7 Å². The van der Waals surface area contributed by atoms with Gasteiger partial charge in [0.2, 0.25) is 10.0 Å². The third-order valence-corrected chi connectivity index (χ3v) is 8.61. The minimum absolute atomic E-state index is 0.0417. The normalized spacial score (nSPS) is 15.0. The van der Waals surface area contributed by atoms with Crippen LogP contribution in [0.15, 0.2) is 34.5 Å². The Morgan fingerprint density at radius 3 is 2.50 bits per heavy atom. The number of ether oxygens (including phenoxy) is 1. The molecule has 1 fully saturated rings. The summed E-state index contributed by atoms with van der Waals surface area (Å²) in [5.74, 6) is 0.691. The molecular formula is C27H41N5O5S. The van der Waals surface area contributed by atoms with Gasteiger partial charge in [0.05, 0.1) is 29.4 Å². The number of hydrogen-bond acceptors (Lipinski definition) is 8. The van der Waals surface area contributed by atoms with Crippen LogP contribution in [0.25, 0.3) is 17.0 Å². The van der Waals surface area contributed by atoms with E-state index in [1.54, 1.807) is 6.07 Å². The molecule has 0 bridgehead atoms. The molecule has 10 nitrogen and oxygen atoms in total. The Bertz CT molecular complexity index is 1270. The summed E-state index contributed by atoms with van der Waals surface area (Å²) in [4.78, 5) is 24.9. The van der Waals surface area contributed by atoms with E-state index in [-0.39, 0.29) is 17.3 Å². The maximum atomic E-state index is 13.6. The summed E-state index contributed by atoms with van der Waals surface area (Å²) in [6.07, 6.45) is 2.32. The van der Waals surface area contributed by atoms with E-state index in [0.717, 1.165) is 18.4 Å². The van der Waals surface area contributed by atoms with Gasteiger partial charge in [-0.25, -0.2) is 8.42 Å². The Morgan fingerprint density at radius 1 is 1.18 bits per heavy atom. The Balaban J connectivity index is 2.11. The van der Waals surface area contributed by atoms with Crippen molar-refractivity contribution in [3.8, 4) is 17.1 Å². The number of benzene rings is 1. The minimum atomic E-state index is -3.80. The van der Waals surface area contributed by atoms with Crippen LogP contribution >= 0.6 is 0 Å². The Morgan fingerprint density at radius 2 is 1.89 bits per heavy atom. The van der Waals surface area contributed by atoms with Crippen molar-refractivity contribution in [2.45, 2.75) is 44.9 Å². The summed E-state index contributed by atoms with van der Waals surface area (Å²) >= 11 is 0. The number of sulfonamides is 1. The predicted octanol–water partition coefficient (Wildman–Crippen LogP) is 2.79. The number of nitrogens with zero attached hydrogens (tertiary/aromatic N) is 4. The first-order chi connectivity index (χ1) is 18.2. The summed E-state index contributed by atoms with van der Waals surface area (Å²) in [6.45, 7) is 13.6. The number of aromatic nitrogens is 2. The van der Waals surface area contributed by atoms with Crippen LogP contribution in [0, 0.1) is 0 Å². The average Bonchev–Trinajstić information content (AvgIpc) is 2.91. The van der Waals surface area contributed by atoms with E-state index in [1.807, 2.05) is 37.6 Å². The van der Waals surface area contributed by atoms with Gasteiger partial charge >= 0.3 is 0 Å². The zero-order chi connectivity index (χ0) is 27.9. The van der Waals surface area contributed by atoms with E-state index >= 15 is 0 Å². The number of hydrogen-bond donors (Lipinski definition) is 2. The molecule has 0 radical (unpaired) electrons. The first-order valence-corrected chi connectivity index (χ1v) is 14.8. The van der Waals surface area contributed by atoms with Crippen molar-refractivity contribution in [2.24, 2.45) is 0 Å². The van der Waals surface area contributed by atoms with Gasteiger partial charge in [-0.05, 0) is 43.5 Å². The summed E-state index contributed by atoms with van der Waals surface area (Å²) in [7, 11) is -1.96. The molecule has 0 spiro atoms. The summed E-state index contributed by atoms with van der Waals surface area (Å²) in [5, 5.41) is 9.19. The molecule has 3 rings (SSSR count). The van der Waals surface area contributed by atoms with Gasteiger partial charge in [0, 0.05) is 46.3 Å². The Hall–Kier alpha value is -2.73. The van der Waals surface area contributed by atoms with Gasteiger partial charge in [-0.1, -0.05) is 26.8 Å². The minimum Gasteiger partial charge on any atom is -0.493 e.